The number of halogens is 1. The maximum Gasteiger partial charge on any atom is 0.271 e. The van der Waals surface area contributed by atoms with E-state index in [0.717, 1.165) is 43.4 Å². The number of hydrogen-bond acceptors (Lipinski definition) is 5. The van der Waals surface area contributed by atoms with Gasteiger partial charge in [0.15, 0.2) is 5.69 Å². The number of benzene rings is 1. The number of nitrogens with one attached hydrogen (secondary N) is 1. The number of carbonyl (C=O) groups is 1. The van der Waals surface area contributed by atoms with Crippen LogP contribution in [0.25, 0.3) is 16.3 Å². The van der Waals surface area contributed by atoms with Crippen LogP contribution in [-0.2, 0) is 4.74 Å². The van der Waals surface area contributed by atoms with E-state index in [1.165, 1.54) is 12.1 Å². The molecule has 0 atom stereocenters. The summed E-state index contributed by atoms with van der Waals surface area (Å²) in [6, 6.07) is 11.8. The van der Waals surface area contributed by atoms with Crippen molar-refractivity contribution in [1.82, 2.24) is 20.0 Å². The second-order valence-electron chi connectivity index (χ2n) is 6.49. The number of aromatic nitrogens is 2. The summed E-state index contributed by atoms with van der Waals surface area (Å²) in [5, 5.41) is 9.40. The maximum atomic E-state index is 13.3. The molecule has 0 unspecified atom stereocenters. The number of ether oxygens (including phenoxy) is 1. The van der Waals surface area contributed by atoms with E-state index < -0.39 is 0 Å². The van der Waals surface area contributed by atoms with Gasteiger partial charge in [0, 0.05) is 26.2 Å². The van der Waals surface area contributed by atoms with Crippen LogP contribution in [0.15, 0.2) is 47.8 Å². The van der Waals surface area contributed by atoms with Crippen LogP contribution in [0, 0.1) is 5.82 Å². The number of nitrogens with zero attached hydrogens (tertiary/aromatic N) is 3. The van der Waals surface area contributed by atoms with Crippen molar-refractivity contribution in [2.45, 2.75) is 0 Å². The van der Waals surface area contributed by atoms with Crippen molar-refractivity contribution in [3.05, 3.63) is 59.4 Å². The van der Waals surface area contributed by atoms with Gasteiger partial charge in [-0.1, -0.05) is 6.07 Å². The Hall–Kier alpha value is -2.55. The predicted molar refractivity (Wildman–Crippen MR) is 106 cm³/mol. The Bertz CT molecular complexity index is 918. The highest BCUT2D eigenvalue weighted by Crippen LogP contribution is 2.28. The molecule has 8 heteroatoms. The summed E-state index contributed by atoms with van der Waals surface area (Å²) in [5.74, 6) is -0.526. The molecule has 0 saturated carbocycles. The van der Waals surface area contributed by atoms with Crippen LogP contribution in [0.2, 0.25) is 0 Å². The van der Waals surface area contributed by atoms with Crippen molar-refractivity contribution >= 4 is 17.2 Å². The van der Waals surface area contributed by atoms with Crippen LogP contribution >= 0.6 is 11.3 Å². The molecule has 0 aliphatic carbocycles. The lowest BCUT2D eigenvalue weighted by molar-refractivity contribution is 0.0383. The SMILES string of the molecule is O=C(NCCN1CCOCC1)c1cc(-c2cccs2)n(-c2ccc(F)cc2)n1. The summed E-state index contributed by atoms with van der Waals surface area (Å²) in [7, 11) is 0. The molecule has 4 rings (SSSR count). The van der Waals surface area contributed by atoms with E-state index in [2.05, 4.69) is 15.3 Å². The van der Waals surface area contributed by atoms with Crippen molar-refractivity contribution in [1.29, 1.82) is 0 Å². The van der Waals surface area contributed by atoms with Crippen LogP contribution in [-0.4, -0.2) is 60.0 Å². The van der Waals surface area contributed by atoms with Gasteiger partial charge < -0.3 is 10.1 Å². The Morgan fingerprint density at radius 1 is 1.21 bits per heavy atom. The molecule has 3 heterocycles. The van der Waals surface area contributed by atoms with E-state index in [-0.39, 0.29) is 11.7 Å². The number of thiophene rings is 1. The molecule has 1 aromatic carbocycles. The van der Waals surface area contributed by atoms with Crippen LogP contribution in [0.4, 0.5) is 4.39 Å². The zero-order valence-electron chi connectivity index (χ0n) is 15.3. The highest BCUT2D eigenvalue weighted by atomic mass is 32.1. The van der Waals surface area contributed by atoms with Crippen molar-refractivity contribution in [2.24, 2.45) is 0 Å². The van der Waals surface area contributed by atoms with Gasteiger partial charge in [0.2, 0.25) is 0 Å². The Balaban J connectivity index is 1.51. The van der Waals surface area contributed by atoms with Crippen molar-refractivity contribution in [2.75, 3.05) is 39.4 Å². The molecule has 1 fully saturated rings. The Morgan fingerprint density at radius 2 is 2.00 bits per heavy atom. The lowest BCUT2D eigenvalue weighted by atomic mass is 10.2. The zero-order valence-corrected chi connectivity index (χ0v) is 16.1. The zero-order chi connectivity index (χ0) is 19.3. The number of hydrogen-bond donors (Lipinski definition) is 1. The lowest BCUT2D eigenvalue weighted by Crippen LogP contribution is -2.41. The first-order valence-corrected chi connectivity index (χ1v) is 10.1. The van der Waals surface area contributed by atoms with E-state index in [1.54, 1.807) is 34.2 Å². The van der Waals surface area contributed by atoms with Crippen LogP contribution in [0.1, 0.15) is 10.5 Å². The van der Waals surface area contributed by atoms with Crippen LogP contribution < -0.4 is 5.32 Å². The molecule has 6 nitrogen and oxygen atoms in total. The summed E-state index contributed by atoms with van der Waals surface area (Å²) in [5.41, 5.74) is 1.85. The van der Waals surface area contributed by atoms with Gasteiger partial charge in [0.1, 0.15) is 5.82 Å². The van der Waals surface area contributed by atoms with Gasteiger partial charge in [-0.25, -0.2) is 9.07 Å². The van der Waals surface area contributed by atoms with Gasteiger partial charge in [0.05, 0.1) is 29.5 Å². The second-order valence-corrected chi connectivity index (χ2v) is 7.44. The van der Waals surface area contributed by atoms with Gasteiger partial charge in [0.25, 0.3) is 5.91 Å². The summed E-state index contributed by atoms with van der Waals surface area (Å²) in [6.07, 6.45) is 0. The largest absolute Gasteiger partial charge is 0.379 e. The van der Waals surface area contributed by atoms with Crippen LogP contribution in [0.5, 0.6) is 0 Å². The summed E-state index contributed by atoms with van der Waals surface area (Å²) >= 11 is 1.56. The average molecular weight is 400 g/mol. The highest BCUT2D eigenvalue weighted by molar-refractivity contribution is 7.13. The van der Waals surface area contributed by atoms with Crippen molar-refractivity contribution < 1.29 is 13.9 Å². The molecule has 146 valence electrons. The van der Waals surface area contributed by atoms with E-state index in [4.69, 9.17) is 4.74 Å². The fourth-order valence-electron chi connectivity index (χ4n) is 3.11. The molecule has 28 heavy (non-hydrogen) atoms. The van der Waals surface area contributed by atoms with E-state index >= 15 is 0 Å². The third kappa shape index (κ3) is 4.30. The van der Waals surface area contributed by atoms with Gasteiger partial charge in [-0.2, -0.15) is 5.10 Å². The maximum absolute atomic E-state index is 13.3. The highest BCUT2D eigenvalue weighted by Gasteiger charge is 2.18. The van der Waals surface area contributed by atoms with Gasteiger partial charge in [-0.05, 0) is 41.8 Å². The summed E-state index contributed by atoms with van der Waals surface area (Å²) in [6.45, 7) is 4.58. The fraction of sp³-hybridized carbons (Fsp3) is 0.300. The average Bonchev–Trinajstić information content (AvgIpc) is 3.39. The quantitative estimate of drug-likeness (QED) is 0.691. The minimum absolute atomic E-state index is 0.216. The molecular formula is C20H21FN4O2S. The van der Waals surface area contributed by atoms with E-state index in [0.29, 0.717) is 17.9 Å². The molecule has 1 saturated heterocycles. The molecule has 3 aromatic rings. The minimum atomic E-state index is -0.311. The molecule has 1 amide bonds. The van der Waals surface area contributed by atoms with E-state index in [1.807, 2.05) is 17.5 Å². The number of amides is 1. The van der Waals surface area contributed by atoms with E-state index in [9.17, 15) is 9.18 Å². The lowest BCUT2D eigenvalue weighted by Gasteiger charge is -2.26. The molecular weight excluding hydrogens is 379 g/mol. The smallest absolute Gasteiger partial charge is 0.271 e. The molecule has 1 aliphatic heterocycles. The first-order valence-electron chi connectivity index (χ1n) is 9.19. The third-order valence-electron chi connectivity index (χ3n) is 4.60. The van der Waals surface area contributed by atoms with Gasteiger partial charge >= 0.3 is 0 Å². The molecule has 2 aromatic heterocycles. The number of morpholine rings is 1. The topological polar surface area (TPSA) is 59.4 Å². The predicted octanol–water partition coefficient (Wildman–Crippen LogP) is 2.80. The normalized spacial score (nSPS) is 14.9. The number of carbonyl (C=O) groups excluding carboxylic acids is 1. The standard InChI is InChI=1S/C20H21FN4O2S/c21-15-3-5-16(6-4-15)25-18(19-2-1-13-28-19)14-17(23-25)20(26)22-7-8-24-9-11-27-12-10-24/h1-6,13-14H,7-12H2,(H,22,26). The molecule has 0 spiro atoms. The fourth-order valence-corrected chi connectivity index (χ4v) is 3.84. The summed E-state index contributed by atoms with van der Waals surface area (Å²) < 4.78 is 20.3. The summed E-state index contributed by atoms with van der Waals surface area (Å²) in [4.78, 5) is 15.9. The first kappa shape index (κ1) is 18.8. The van der Waals surface area contributed by atoms with Gasteiger partial charge in [-0.15, -0.1) is 11.3 Å². The monoisotopic (exact) mass is 400 g/mol. The van der Waals surface area contributed by atoms with Crippen molar-refractivity contribution in [3.63, 3.8) is 0 Å². The molecule has 1 N–H and O–H groups in total. The second kappa shape index (κ2) is 8.64. The molecule has 1 aliphatic rings. The van der Waals surface area contributed by atoms with Crippen LogP contribution in [0.3, 0.4) is 0 Å². The Kier molecular flexibility index (Phi) is 5.80. The van der Waals surface area contributed by atoms with Crippen molar-refractivity contribution in [3.8, 4) is 16.3 Å². The Labute approximate surface area is 166 Å². The molecule has 0 radical (unpaired) electrons. The minimum Gasteiger partial charge on any atom is -0.379 e. The molecule has 0 bridgehead atoms. The van der Waals surface area contributed by atoms with Gasteiger partial charge in [-0.3, -0.25) is 9.69 Å². The Morgan fingerprint density at radius 3 is 2.71 bits per heavy atom. The third-order valence-corrected chi connectivity index (χ3v) is 5.50. The first-order chi connectivity index (χ1) is 13.7. The number of rotatable bonds is 6.